The molecule has 0 amide bonds. The number of benzene rings is 1. The van der Waals surface area contributed by atoms with Gasteiger partial charge in [0, 0.05) is 11.6 Å². The Labute approximate surface area is 114 Å². The number of nitrogens with zero attached hydrogens (tertiary/aromatic N) is 1. The highest BCUT2D eigenvalue weighted by molar-refractivity contribution is 6.20. The lowest BCUT2D eigenvalue weighted by Gasteiger charge is -2.20. The van der Waals surface area contributed by atoms with Gasteiger partial charge in [-0.2, -0.15) is 0 Å². The SMILES string of the molecule is CC(C)(C)CCC(Cl)c1ccc2cccnc2c1. The second-order valence-electron chi connectivity index (χ2n) is 6.02. The first-order chi connectivity index (χ1) is 8.46. The second kappa shape index (κ2) is 5.27. The highest BCUT2D eigenvalue weighted by atomic mass is 35.5. The van der Waals surface area contributed by atoms with Crippen molar-refractivity contribution in [3.63, 3.8) is 0 Å². The van der Waals surface area contributed by atoms with Crippen LogP contribution >= 0.6 is 11.6 Å². The molecule has 0 bridgehead atoms. The van der Waals surface area contributed by atoms with E-state index in [-0.39, 0.29) is 5.38 Å². The van der Waals surface area contributed by atoms with Crippen LogP contribution in [-0.4, -0.2) is 4.98 Å². The second-order valence-corrected chi connectivity index (χ2v) is 6.55. The van der Waals surface area contributed by atoms with Gasteiger partial charge in [0.2, 0.25) is 0 Å². The lowest BCUT2D eigenvalue weighted by Crippen LogP contribution is -2.06. The molecule has 0 saturated carbocycles. The van der Waals surface area contributed by atoms with Gasteiger partial charge in [0.05, 0.1) is 10.9 Å². The van der Waals surface area contributed by atoms with Crippen LogP contribution in [0.5, 0.6) is 0 Å². The zero-order chi connectivity index (χ0) is 13.2. The Morgan fingerprint density at radius 1 is 1.22 bits per heavy atom. The fourth-order valence-electron chi connectivity index (χ4n) is 2.00. The monoisotopic (exact) mass is 261 g/mol. The van der Waals surface area contributed by atoms with Gasteiger partial charge in [-0.15, -0.1) is 11.6 Å². The van der Waals surface area contributed by atoms with Crippen molar-refractivity contribution in [1.29, 1.82) is 0 Å². The molecule has 0 aliphatic heterocycles. The standard InChI is InChI=1S/C16H20ClN/c1-16(2,3)9-8-14(17)13-7-6-12-5-4-10-18-15(12)11-13/h4-7,10-11,14H,8-9H2,1-3H3. The van der Waals surface area contributed by atoms with Gasteiger partial charge < -0.3 is 0 Å². The average Bonchev–Trinajstić information content (AvgIpc) is 2.34. The van der Waals surface area contributed by atoms with Crippen molar-refractivity contribution in [2.24, 2.45) is 5.41 Å². The van der Waals surface area contributed by atoms with Crippen LogP contribution in [0.3, 0.4) is 0 Å². The highest BCUT2D eigenvalue weighted by Crippen LogP contribution is 2.32. The molecule has 0 aliphatic carbocycles. The first-order valence-corrected chi connectivity index (χ1v) is 6.88. The fourth-order valence-corrected chi connectivity index (χ4v) is 2.25. The minimum Gasteiger partial charge on any atom is -0.256 e. The third-order valence-corrected chi connectivity index (χ3v) is 3.61. The zero-order valence-corrected chi connectivity index (χ0v) is 12.0. The maximum atomic E-state index is 6.48. The Morgan fingerprint density at radius 3 is 2.72 bits per heavy atom. The molecule has 1 nitrogen and oxygen atoms in total. The number of hydrogen-bond acceptors (Lipinski definition) is 1. The molecule has 0 N–H and O–H groups in total. The molecule has 1 unspecified atom stereocenters. The molecule has 0 fully saturated rings. The van der Waals surface area contributed by atoms with E-state index in [0.29, 0.717) is 5.41 Å². The van der Waals surface area contributed by atoms with Crippen molar-refractivity contribution in [2.75, 3.05) is 0 Å². The Morgan fingerprint density at radius 2 is 2.00 bits per heavy atom. The van der Waals surface area contributed by atoms with Crippen LogP contribution in [0.2, 0.25) is 0 Å². The van der Waals surface area contributed by atoms with Gasteiger partial charge in [-0.1, -0.05) is 39.0 Å². The predicted molar refractivity (Wildman–Crippen MR) is 79.0 cm³/mol. The van der Waals surface area contributed by atoms with Crippen molar-refractivity contribution in [3.8, 4) is 0 Å². The molecule has 1 heterocycles. The van der Waals surface area contributed by atoms with Crippen molar-refractivity contribution in [2.45, 2.75) is 39.0 Å². The molecule has 1 aromatic heterocycles. The van der Waals surface area contributed by atoms with Crippen molar-refractivity contribution < 1.29 is 0 Å². The molecule has 2 heteroatoms. The number of pyridine rings is 1. The van der Waals surface area contributed by atoms with Crippen LogP contribution < -0.4 is 0 Å². The zero-order valence-electron chi connectivity index (χ0n) is 11.3. The largest absolute Gasteiger partial charge is 0.256 e. The average molecular weight is 262 g/mol. The minimum atomic E-state index is 0.0793. The molecular formula is C16H20ClN. The van der Waals surface area contributed by atoms with E-state index in [1.165, 1.54) is 10.9 Å². The summed E-state index contributed by atoms with van der Waals surface area (Å²) in [4.78, 5) is 4.37. The Balaban J connectivity index is 2.15. The third kappa shape index (κ3) is 3.46. The molecule has 1 atom stereocenters. The van der Waals surface area contributed by atoms with E-state index in [1.54, 1.807) is 0 Å². The van der Waals surface area contributed by atoms with Crippen LogP contribution in [0.4, 0.5) is 0 Å². The fraction of sp³-hybridized carbons (Fsp3) is 0.438. The number of fused-ring (bicyclic) bond motifs is 1. The molecule has 0 aliphatic rings. The molecule has 2 aromatic rings. The van der Waals surface area contributed by atoms with E-state index in [4.69, 9.17) is 11.6 Å². The van der Waals surface area contributed by atoms with Crippen LogP contribution in [0, 0.1) is 5.41 Å². The van der Waals surface area contributed by atoms with E-state index in [9.17, 15) is 0 Å². The summed E-state index contributed by atoms with van der Waals surface area (Å²) < 4.78 is 0. The molecule has 0 radical (unpaired) electrons. The molecule has 18 heavy (non-hydrogen) atoms. The van der Waals surface area contributed by atoms with E-state index in [0.717, 1.165) is 18.4 Å². The summed E-state index contributed by atoms with van der Waals surface area (Å²) >= 11 is 6.48. The molecule has 2 rings (SSSR count). The van der Waals surface area contributed by atoms with Gasteiger partial charge in [0.15, 0.2) is 0 Å². The molecule has 96 valence electrons. The smallest absolute Gasteiger partial charge is 0.0705 e. The van der Waals surface area contributed by atoms with Gasteiger partial charge in [-0.25, -0.2) is 0 Å². The summed E-state index contributed by atoms with van der Waals surface area (Å²) in [7, 11) is 0. The van der Waals surface area contributed by atoms with Crippen LogP contribution in [-0.2, 0) is 0 Å². The summed E-state index contributed by atoms with van der Waals surface area (Å²) in [6.07, 6.45) is 3.95. The molecule has 1 aromatic carbocycles. The minimum absolute atomic E-state index is 0.0793. The maximum absolute atomic E-state index is 6.48. The predicted octanol–water partition coefficient (Wildman–Crippen LogP) is 5.34. The van der Waals surface area contributed by atoms with E-state index < -0.39 is 0 Å². The molecule has 0 spiro atoms. The van der Waals surface area contributed by atoms with Crippen LogP contribution in [0.1, 0.15) is 44.6 Å². The summed E-state index contributed by atoms with van der Waals surface area (Å²) in [5.41, 5.74) is 2.53. The first kappa shape index (κ1) is 13.4. The summed E-state index contributed by atoms with van der Waals surface area (Å²) in [5.74, 6) is 0. The Kier molecular flexibility index (Phi) is 3.91. The van der Waals surface area contributed by atoms with Crippen molar-refractivity contribution in [3.05, 3.63) is 42.1 Å². The van der Waals surface area contributed by atoms with Gasteiger partial charge in [-0.05, 0) is 36.0 Å². The first-order valence-electron chi connectivity index (χ1n) is 6.44. The van der Waals surface area contributed by atoms with Gasteiger partial charge in [-0.3, -0.25) is 4.98 Å². The number of halogens is 1. The highest BCUT2D eigenvalue weighted by Gasteiger charge is 2.15. The lowest BCUT2D eigenvalue weighted by atomic mass is 9.89. The molecule has 0 saturated heterocycles. The Bertz CT molecular complexity index is 528. The van der Waals surface area contributed by atoms with Gasteiger partial charge in [0.1, 0.15) is 0 Å². The van der Waals surface area contributed by atoms with E-state index in [1.807, 2.05) is 12.3 Å². The maximum Gasteiger partial charge on any atom is 0.0705 e. The quantitative estimate of drug-likeness (QED) is 0.680. The van der Waals surface area contributed by atoms with E-state index >= 15 is 0 Å². The van der Waals surface area contributed by atoms with Gasteiger partial charge >= 0.3 is 0 Å². The number of rotatable bonds is 3. The number of alkyl halides is 1. The van der Waals surface area contributed by atoms with Crippen LogP contribution in [0.15, 0.2) is 36.5 Å². The van der Waals surface area contributed by atoms with E-state index in [2.05, 4.69) is 50.0 Å². The van der Waals surface area contributed by atoms with Crippen molar-refractivity contribution >= 4 is 22.5 Å². The van der Waals surface area contributed by atoms with Crippen LogP contribution in [0.25, 0.3) is 10.9 Å². The third-order valence-electron chi connectivity index (χ3n) is 3.14. The number of hydrogen-bond donors (Lipinski definition) is 0. The summed E-state index contributed by atoms with van der Waals surface area (Å²) in [6.45, 7) is 6.75. The number of aromatic nitrogens is 1. The van der Waals surface area contributed by atoms with Crippen molar-refractivity contribution in [1.82, 2.24) is 4.98 Å². The normalized spacial score (nSPS) is 13.8. The Hall–Kier alpha value is -1.08. The summed E-state index contributed by atoms with van der Waals surface area (Å²) in [6, 6.07) is 10.4. The molecular weight excluding hydrogens is 242 g/mol. The lowest BCUT2D eigenvalue weighted by molar-refractivity contribution is 0.363. The van der Waals surface area contributed by atoms with Gasteiger partial charge in [0.25, 0.3) is 0 Å². The topological polar surface area (TPSA) is 12.9 Å². The summed E-state index contributed by atoms with van der Waals surface area (Å²) in [5, 5.41) is 1.25.